The summed E-state index contributed by atoms with van der Waals surface area (Å²) in [7, 11) is 0. The van der Waals surface area contributed by atoms with E-state index in [2.05, 4.69) is 0 Å². The maximum Gasteiger partial charge on any atom is 0.416 e. The molecule has 1 saturated carbocycles. The van der Waals surface area contributed by atoms with E-state index in [9.17, 15) is 36.2 Å². The lowest BCUT2D eigenvalue weighted by Crippen LogP contribution is -2.22. The van der Waals surface area contributed by atoms with Crippen molar-refractivity contribution in [2.45, 2.75) is 50.6 Å². The average Bonchev–Trinajstić information content (AvgIpc) is 2.69. The Bertz CT molecular complexity index is 573. The first-order valence-corrected chi connectivity index (χ1v) is 7.50. The number of carbonyl (C=O) groups excluding carboxylic acids is 1. The van der Waals surface area contributed by atoms with Gasteiger partial charge in [-0.25, -0.2) is 0 Å². The molecular formula is C16H16F6O2. The number of benzene rings is 1. The highest BCUT2D eigenvalue weighted by atomic mass is 19.4. The molecule has 0 heterocycles. The number of alkyl halides is 6. The molecule has 1 aromatic carbocycles. The van der Waals surface area contributed by atoms with Crippen molar-refractivity contribution in [1.29, 1.82) is 0 Å². The number of Topliss-reactive ketones (excluding diaryl/α,β-unsaturated/α-hetero) is 1. The molecule has 0 amide bonds. The molecule has 24 heavy (non-hydrogen) atoms. The largest absolute Gasteiger partial charge is 0.416 e. The monoisotopic (exact) mass is 354 g/mol. The van der Waals surface area contributed by atoms with Crippen molar-refractivity contribution in [2.24, 2.45) is 5.92 Å². The minimum Gasteiger partial charge on any atom is -0.388 e. The summed E-state index contributed by atoms with van der Waals surface area (Å²) in [6.07, 6.45) is -9.28. The first-order chi connectivity index (χ1) is 11.0. The predicted molar refractivity (Wildman–Crippen MR) is 73.0 cm³/mol. The van der Waals surface area contributed by atoms with Crippen molar-refractivity contribution in [3.8, 4) is 0 Å². The number of ketones is 1. The summed E-state index contributed by atoms with van der Waals surface area (Å²) < 4.78 is 77.2. The number of carbonyl (C=O) groups is 1. The summed E-state index contributed by atoms with van der Waals surface area (Å²) in [6.45, 7) is 0. The van der Waals surface area contributed by atoms with Gasteiger partial charge in [0, 0.05) is 12.3 Å². The van der Waals surface area contributed by atoms with Gasteiger partial charge in [0.05, 0.1) is 17.2 Å². The number of halogens is 6. The van der Waals surface area contributed by atoms with Crippen LogP contribution in [0.4, 0.5) is 26.3 Å². The number of aliphatic hydroxyl groups is 1. The van der Waals surface area contributed by atoms with Crippen LogP contribution in [-0.4, -0.2) is 10.9 Å². The highest BCUT2D eigenvalue weighted by molar-refractivity contribution is 5.82. The molecule has 134 valence electrons. The van der Waals surface area contributed by atoms with E-state index < -0.39 is 41.1 Å². The fourth-order valence-electron chi connectivity index (χ4n) is 2.90. The van der Waals surface area contributed by atoms with Gasteiger partial charge < -0.3 is 5.11 Å². The van der Waals surface area contributed by atoms with Crippen LogP contribution in [0.15, 0.2) is 18.2 Å². The average molecular weight is 354 g/mol. The first kappa shape index (κ1) is 18.8. The fraction of sp³-hybridized carbons (Fsp3) is 0.562. The topological polar surface area (TPSA) is 37.3 Å². The molecule has 0 bridgehead atoms. The lowest BCUT2D eigenvalue weighted by Gasteiger charge is -2.22. The van der Waals surface area contributed by atoms with E-state index in [1.165, 1.54) is 0 Å². The minimum absolute atomic E-state index is 0.00509. The molecule has 1 N–H and O–H groups in total. The maximum absolute atomic E-state index is 12.9. The molecule has 2 rings (SSSR count). The number of hydrogen-bond acceptors (Lipinski definition) is 2. The zero-order valence-electron chi connectivity index (χ0n) is 12.5. The van der Waals surface area contributed by atoms with Crippen LogP contribution in [0.25, 0.3) is 0 Å². The van der Waals surface area contributed by atoms with E-state index in [4.69, 9.17) is 0 Å². The summed E-state index contributed by atoms with van der Waals surface area (Å²) in [5, 5.41) is 10.3. The molecule has 0 saturated heterocycles. The number of aliphatic hydroxyl groups excluding tert-OH is 1. The van der Waals surface area contributed by atoms with Gasteiger partial charge in [-0.05, 0) is 36.6 Å². The van der Waals surface area contributed by atoms with Crippen molar-refractivity contribution in [2.75, 3.05) is 0 Å². The van der Waals surface area contributed by atoms with Gasteiger partial charge in [-0.2, -0.15) is 26.3 Å². The van der Waals surface area contributed by atoms with E-state index in [1.807, 2.05) is 0 Å². The smallest absolute Gasteiger partial charge is 0.388 e. The predicted octanol–water partition coefficient (Wildman–Crippen LogP) is 4.91. The van der Waals surface area contributed by atoms with Crippen LogP contribution in [0.3, 0.4) is 0 Å². The van der Waals surface area contributed by atoms with Crippen molar-refractivity contribution >= 4 is 5.78 Å². The van der Waals surface area contributed by atoms with Crippen LogP contribution in [0.5, 0.6) is 0 Å². The lowest BCUT2D eigenvalue weighted by atomic mass is 9.87. The summed E-state index contributed by atoms with van der Waals surface area (Å²) in [4.78, 5) is 12.0. The zero-order valence-corrected chi connectivity index (χ0v) is 12.5. The van der Waals surface area contributed by atoms with E-state index in [0.29, 0.717) is 25.0 Å². The molecule has 0 unspecified atom stereocenters. The van der Waals surface area contributed by atoms with Gasteiger partial charge in [0.2, 0.25) is 0 Å². The molecule has 0 radical (unpaired) electrons. The Balaban J connectivity index is 2.46. The molecule has 1 aliphatic carbocycles. The first-order valence-electron chi connectivity index (χ1n) is 7.50. The highest BCUT2D eigenvalue weighted by Crippen LogP contribution is 2.39. The second-order valence-electron chi connectivity index (χ2n) is 5.96. The Morgan fingerprint density at radius 2 is 1.46 bits per heavy atom. The Labute approximate surface area is 134 Å². The molecule has 0 aromatic heterocycles. The van der Waals surface area contributed by atoms with Crippen molar-refractivity contribution in [3.05, 3.63) is 34.9 Å². The van der Waals surface area contributed by atoms with Gasteiger partial charge in [-0.3, -0.25) is 4.79 Å². The van der Waals surface area contributed by atoms with Crippen molar-refractivity contribution < 1.29 is 36.2 Å². The third-order valence-electron chi connectivity index (χ3n) is 4.18. The van der Waals surface area contributed by atoms with Gasteiger partial charge in [-0.15, -0.1) is 0 Å². The maximum atomic E-state index is 12.9. The van der Waals surface area contributed by atoms with Gasteiger partial charge in [0.1, 0.15) is 5.78 Å². The Kier molecular flexibility index (Phi) is 5.27. The van der Waals surface area contributed by atoms with Gasteiger partial charge in [-0.1, -0.05) is 12.8 Å². The third-order valence-corrected chi connectivity index (χ3v) is 4.18. The van der Waals surface area contributed by atoms with E-state index >= 15 is 0 Å². The van der Waals surface area contributed by atoms with Crippen LogP contribution < -0.4 is 0 Å². The van der Waals surface area contributed by atoms with E-state index in [0.717, 1.165) is 6.42 Å². The van der Waals surface area contributed by atoms with Gasteiger partial charge >= 0.3 is 12.4 Å². The fourth-order valence-corrected chi connectivity index (χ4v) is 2.90. The number of hydrogen-bond donors (Lipinski definition) is 1. The lowest BCUT2D eigenvalue weighted by molar-refractivity contribution is -0.143. The molecule has 8 heteroatoms. The molecule has 1 aliphatic rings. The molecular weight excluding hydrogens is 338 g/mol. The molecule has 0 aliphatic heterocycles. The second kappa shape index (κ2) is 6.74. The van der Waals surface area contributed by atoms with Gasteiger partial charge in [0.25, 0.3) is 0 Å². The van der Waals surface area contributed by atoms with Gasteiger partial charge in [0.15, 0.2) is 0 Å². The highest BCUT2D eigenvalue weighted by Gasteiger charge is 2.38. The Morgan fingerprint density at radius 3 is 1.96 bits per heavy atom. The normalized spacial score (nSPS) is 21.5. The molecule has 1 fully saturated rings. The standard InChI is InChI=1S/C16H16F6O2/c17-15(18,19)10-6-9(7-11(8-10)16(20,21)22)14(24)12-4-2-1-3-5-13(12)23/h6-8,12,14,24H,1-5H2/t12-,14+/m1/s1. The van der Waals surface area contributed by atoms with E-state index in [1.54, 1.807) is 0 Å². The quantitative estimate of drug-likeness (QED) is 0.605. The number of rotatable bonds is 2. The van der Waals surface area contributed by atoms with E-state index in [-0.39, 0.29) is 24.7 Å². The third kappa shape index (κ3) is 4.28. The van der Waals surface area contributed by atoms with Crippen molar-refractivity contribution in [1.82, 2.24) is 0 Å². The van der Waals surface area contributed by atoms with Crippen LogP contribution in [0.2, 0.25) is 0 Å². The summed E-state index contributed by atoms with van der Waals surface area (Å²) in [6, 6.07) is 0.974. The summed E-state index contributed by atoms with van der Waals surface area (Å²) in [5.41, 5.74) is -3.52. The Hall–Kier alpha value is -1.57. The van der Waals surface area contributed by atoms with Crippen LogP contribution >= 0.6 is 0 Å². The molecule has 1 aromatic rings. The van der Waals surface area contributed by atoms with Crippen molar-refractivity contribution in [3.63, 3.8) is 0 Å². The minimum atomic E-state index is -4.98. The SMILES string of the molecule is O=C1CCCCC[C@H]1[C@@H](O)c1cc(C(F)(F)F)cc(C(F)(F)F)c1. The molecule has 2 nitrogen and oxygen atoms in total. The summed E-state index contributed by atoms with van der Waals surface area (Å²) in [5.74, 6) is -1.30. The van der Waals surface area contributed by atoms with Crippen LogP contribution in [0.1, 0.15) is 54.9 Å². The molecule has 0 spiro atoms. The van der Waals surface area contributed by atoms with Crippen LogP contribution in [0, 0.1) is 5.92 Å². The molecule has 2 atom stereocenters. The Morgan fingerprint density at radius 1 is 0.917 bits per heavy atom. The summed E-state index contributed by atoms with van der Waals surface area (Å²) >= 11 is 0. The second-order valence-corrected chi connectivity index (χ2v) is 5.96. The van der Waals surface area contributed by atoms with Crippen LogP contribution in [-0.2, 0) is 17.1 Å². The zero-order chi connectivity index (χ0) is 18.1.